The molecule has 0 atom stereocenters. The van der Waals surface area contributed by atoms with E-state index in [0.717, 1.165) is 15.8 Å². The molecule has 0 spiro atoms. The predicted octanol–water partition coefficient (Wildman–Crippen LogP) is 2.11. The molecule has 0 radical (unpaired) electrons. The van der Waals surface area contributed by atoms with Crippen molar-refractivity contribution in [2.45, 2.75) is 17.8 Å². The Kier molecular flexibility index (Phi) is 3.62. The summed E-state index contributed by atoms with van der Waals surface area (Å²) in [5.41, 5.74) is 2.57. The number of aryl methyl sites for hydroxylation is 1. The third kappa shape index (κ3) is 2.75. The third-order valence-corrected chi connectivity index (χ3v) is 4.16. The van der Waals surface area contributed by atoms with Gasteiger partial charge in [0.1, 0.15) is 0 Å². The number of hydrogen-bond donors (Lipinski definition) is 1. The molecule has 2 aromatic heterocycles. The molecular weight excluding hydrogens is 284 g/mol. The van der Waals surface area contributed by atoms with Crippen molar-refractivity contribution in [1.82, 2.24) is 14.6 Å². The summed E-state index contributed by atoms with van der Waals surface area (Å²) < 4.78 is 1.12. The van der Waals surface area contributed by atoms with E-state index in [1.807, 2.05) is 37.3 Å². The highest BCUT2D eigenvalue weighted by atomic mass is 32.2. The molecule has 3 rings (SSSR count). The molecule has 1 aromatic carbocycles. The maximum atomic E-state index is 12.3. The zero-order valence-corrected chi connectivity index (χ0v) is 12.3. The maximum Gasteiger partial charge on any atom is 0.280 e. The highest BCUT2D eigenvalue weighted by molar-refractivity contribution is 7.98. The summed E-state index contributed by atoms with van der Waals surface area (Å²) in [6.07, 6.45) is 3.48. The number of fused-ring (bicyclic) bond motifs is 1. The van der Waals surface area contributed by atoms with Crippen molar-refractivity contribution in [3.63, 3.8) is 0 Å². The molecule has 0 saturated carbocycles. The van der Waals surface area contributed by atoms with Crippen LogP contribution in [-0.4, -0.2) is 14.6 Å². The van der Waals surface area contributed by atoms with Gasteiger partial charge in [-0.15, -0.1) is 0 Å². The largest absolute Gasteiger partial charge is 0.334 e. The van der Waals surface area contributed by atoms with Gasteiger partial charge in [0.15, 0.2) is 5.16 Å². The summed E-state index contributed by atoms with van der Waals surface area (Å²) in [6, 6.07) is 9.45. The van der Waals surface area contributed by atoms with Gasteiger partial charge in [-0.25, -0.2) is 9.66 Å². The molecule has 6 heteroatoms. The maximum absolute atomic E-state index is 12.3. The number of nitrogen functional groups attached to an aromatic ring is 1. The number of aromatic nitrogens is 3. The zero-order valence-electron chi connectivity index (χ0n) is 11.5. The number of benzene rings is 1. The van der Waals surface area contributed by atoms with Crippen LogP contribution in [0.1, 0.15) is 11.1 Å². The number of hydrogen-bond acceptors (Lipinski definition) is 5. The Balaban J connectivity index is 1.98. The first-order valence-corrected chi connectivity index (χ1v) is 7.44. The van der Waals surface area contributed by atoms with Crippen LogP contribution in [0.4, 0.5) is 0 Å². The second-order valence-electron chi connectivity index (χ2n) is 4.73. The van der Waals surface area contributed by atoms with Crippen molar-refractivity contribution < 1.29 is 0 Å². The third-order valence-electron chi connectivity index (χ3n) is 3.14. The molecular formula is C15H14N4OS. The van der Waals surface area contributed by atoms with E-state index in [9.17, 15) is 4.79 Å². The number of thioether (sulfide) groups is 1. The summed E-state index contributed by atoms with van der Waals surface area (Å²) in [4.78, 5) is 20.7. The van der Waals surface area contributed by atoms with E-state index in [4.69, 9.17) is 5.84 Å². The van der Waals surface area contributed by atoms with E-state index < -0.39 is 0 Å². The Morgan fingerprint density at radius 1 is 1.24 bits per heavy atom. The van der Waals surface area contributed by atoms with Crippen molar-refractivity contribution in [1.29, 1.82) is 0 Å². The first kappa shape index (κ1) is 13.6. The fraction of sp³-hybridized carbons (Fsp3) is 0.133. The van der Waals surface area contributed by atoms with Crippen LogP contribution in [0.2, 0.25) is 0 Å². The van der Waals surface area contributed by atoms with Crippen molar-refractivity contribution >= 4 is 22.7 Å². The van der Waals surface area contributed by atoms with Crippen molar-refractivity contribution in [2.24, 2.45) is 0 Å². The van der Waals surface area contributed by atoms with Gasteiger partial charge in [0.05, 0.1) is 10.9 Å². The Morgan fingerprint density at radius 3 is 2.76 bits per heavy atom. The van der Waals surface area contributed by atoms with Crippen LogP contribution in [0.3, 0.4) is 0 Å². The van der Waals surface area contributed by atoms with E-state index >= 15 is 0 Å². The van der Waals surface area contributed by atoms with Gasteiger partial charge < -0.3 is 5.84 Å². The number of rotatable bonds is 3. The fourth-order valence-electron chi connectivity index (χ4n) is 2.02. The lowest BCUT2D eigenvalue weighted by Crippen LogP contribution is -2.29. The molecule has 3 aromatic rings. The van der Waals surface area contributed by atoms with Crippen LogP contribution in [0, 0.1) is 6.92 Å². The first-order valence-electron chi connectivity index (χ1n) is 6.45. The number of pyridine rings is 1. The Hall–Kier alpha value is -2.34. The molecule has 0 amide bonds. The molecule has 0 aliphatic heterocycles. The van der Waals surface area contributed by atoms with Gasteiger partial charge in [-0.05, 0) is 36.8 Å². The van der Waals surface area contributed by atoms with E-state index in [-0.39, 0.29) is 5.56 Å². The number of nitrogens with zero attached hydrogens (tertiary/aromatic N) is 3. The topological polar surface area (TPSA) is 73.8 Å². The van der Waals surface area contributed by atoms with Crippen LogP contribution in [0.15, 0.2) is 52.7 Å². The van der Waals surface area contributed by atoms with E-state index in [0.29, 0.717) is 21.8 Å². The lowest BCUT2D eigenvalue weighted by molar-refractivity contribution is 0.779. The van der Waals surface area contributed by atoms with E-state index in [2.05, 4.69) is 9.97 Å². The second-order valence-corrected chi connectivity index (χ2v) is 5.68. The standard InChI is InChI=1S/C15H14N4OS/c1-10-2-3-13-12(8-10)14(20)19(16)15(18-13)21-9-11-4-6-17-7-5-11/h2-8H,9,16H2,1H3. The summed E-state index contributed by atoms with van der Waals surface area (Å²) in [6.45, 7) is 1.94. The molecule has 21 heavy (non-hydrogen) atoms. The smallest absolute Gasteiger partial charge is 0.280 e. The zero-order chi connectivity index (χ0) is 14.8. The molecule has 0 aliphatic rings. The highest BCUT2D eigenvalue weighted by Crippen LogP contribution is 2.20. The lowest BCUT2D eigenvalue weighted by Gasteiger charge is -2.08. The SMILES string of the molecule is Cc1ccc2nc(SCc3ccncc3)n(N)c(=O)c2c1. The Bertz CT molecular complexity index is 845. The van der Waals surface area contributed by atoms with Gasteiger partial charge in [0.25, 0.3) is 5.56 Å². The van der Waals surface area contributed by atoms with Gasteiger partial charge in [0, 0.05) is 18.1 Å². The van der Waals surface area contributed by atoms with Crippen molar-refractivity contribution in [2.75, 3.05) is 5.84 Å². The lowest BCUT2D eigenvalue weighted by atomic mass is 10.2. The molecule has 0 unspecified atom stereocenters. The van der Waals surface area contributed by atoms with Crippen LogP contribution in [0.5, 0.6) is 0 Å². The van der Waals surface area contributed by atoms with Gasteiger partial charge in [-0.1, -0.05) is 23.4 Å². The summed E-state index contributed by atoms with van der Waals surface area (Å²) >= 11 is 1.43. The summed E-state index contributed by atoms with van der Waals surface area (Å²) in [5.74, 6) is 6.56. The van der Waals surface area contributed by atoms with Crippen LogP contribution < -0.4 is 11.4 Å². The molecule has 106 valence electrons. The van der Waals surface area contributed by atoms with Gasteiger partial charge in [-0.2, -0.15) is 0 Å². The van der Waals surface area contributed by atoms with E-state index in [1.54, 1.807) is 12.4 Å². The highest BCUT2D eigenvalue weighted by Gasteiger charge is 2.09. The van der Waals surface area contributed by atoms with Gasteiger partial charge in [0.2, 0.25) is 0 Å². The van der Waals surface area contributed by atoms with Crippen molar-refractivity contribution in [3.8, 4) is 0 Å². The minimum Gasteiger partial charge on any atom is -0.334 e. The fourth-order valence-corrected chi connectivity index (χ4v) is 2.89. The molecule has 0 bridgehead atoms. The Morgan fingerprint density at radius 2 is 2.00 bits per heavy atom. The molecule has 2 heterocycles. The summed E-state index contributed by atoms with van der Waals surface area (Å²) in [7, 11) is 0. The molecule has 0 aliphatic carbocycles. The Labute approximate surface area is 125 Å². The molecule has 0 saturated heterocycles. The van der Waals surface area contributed by atoms with Gasteiger partial charge >= 0.3 is 0 Å². The minimum atomic E-state index is -0.221. The second kappa shape index (κ2) is 5.57. The predicted molar refractivity (Wildman–Crippen MR) is 84.7 cm³/mol. The molecule has 0 fully saturated rings. The summed E-state index contributed by atoms with van der Waals surface area (Å²) in [5, 5.41) is 1.05. The average molecular weight is 298 g/mol. The first-order chi connectivity index (χ1) is 10.1. The number of nitrogens with two attached hydrogens (primary N) is 1. The minimum absolute atomic E-state index is 0.221. The van der Waals surface area contributed by atoms with Crippen LogP contribution in [-0.2, 0) is 5.75 Å². The molecule has 5 nitrogen and oxygen atoms in total. The molecule has 2 N–H and O–H groups in total. The van der Waals surface area contributed by atoms with Crippen LogP contribution >= 0.6 is 11.8 Å². The normalized spacial score (nSPS) is 10.9. The van der Waals surface area contributed by atoms with Crippen molar-refractivity contribution in [3.05, 3.63) is 64.2 Å². The van der Waals surface area contributed by atoms with E-state index in [1.165, 1.54) is 11.8 Å². The average Bonchev–Trinajstić information content (AvgIpc) is 2.51. The van der Waals surface area contributed by atoms with Gasteiger partial charge in [-0.3, -0.25) is 9.78 Å². The van der Waals surface area contributed by atoms with Crippen LogP contribution in [0.25, 0.3) is 10.9 Å². The monoisotopic (exact) mass is 298 g/mol. The quantitative estimate of drug-likeness (QED) is 0.455.